The summed E-state index contributed by atoms with van der Waals surface area (Å²) in [6.07, 6.45) is 11.8. The van der Waals surface area contributed by atoms with Gasteiger partial charge in [-0.2, -0.15) is 0 Å². The van der Waals surface area contributed by atoms with Gasteiger partial charge in [-0.3, -0.25) is 4.98 Å². The van der Waals surface area contributed by atoms with Crippen LogP contribution < -0.4 is 11.1 Å². The minimum Gasteiger partial charge on any atom is -0.367 e. The molecule has 1 aromatic carbocycles. The summed E-state index contributed by atoms with van der Waals surface area (Å²) in [4.78, 5) is 13.7. The van der Waals surface area contributed by atoms with Crippen molar-refractivity contribution in [3.05, 3.63) is 59.7 Å². The molecule has 0 amide bonds. The number of pyridine rings is 1. The largest absolute Gasteiger partial charge is 0.367 e. The fraction of sp³-hybridized carbons (Fsp3) is 0.318. The summed E-state index contributed by atoms with van der Waals surface area (Å²) in [5.41, 5.74) is 9.24. The van der Waals surface area contributed by atoms with Crippen molar-refractivity contribution in [1.82, 2.24) is 15.0 Å². The van der Waals surface area contributed by atoms with E-state index in [4.69, 9.17) is 15.7 Å². The molecule has 1 saturated carbocycles. The third-order valence-corrected chi connectivity index (χ3v) is 5.09. The van der Waals surface area contributed by atoms with Crippen LogP contribution in [-0.2, 0) is 0 Å². The smallest absolute Gasteiger partial charge is 0.154 e. The number of benzene rings is 1. The van der Waals surface area contributed by atoms with E-state index in [1.165, 1.54) is 5.56 Å². The maximum absolute atomic E-state index is 6.05. The highest BCUT2D eigenvalue weighted by molar-refractivity contribution is 5.90. The maximum atomic E-state index is 6.05. The van der Waals surface area contributed by atoms with Crippen LogP contribution in [-0.4, -0.2) is 27.0 Å². The van der Waals surface area contributed by atoms with Gasteiger partial charge in [0.15, 0.2) is 5.82 Å². The number of anilines is 1. The summed E-state index contributed by atoms with van der Waals surface area (Å²) in [7, 11) is 0. The number of nitrogens with zero attached hydrogens (tertiary/aromatic N) is 3. The van der Waals surface area contributed by atoms with E-state index in [9.17, 15) is 0 Å². The maximum Gasteiger partial charge on any atom is 0.154 e. The minimum atomic E-state index is 0. The number of hydrogen-bond donors (Lipinski definition) is 2. The number of fused-ring (bicyclic) bond motifs is 1. The highest BCUT2D eigenvalue weighted by Crippen LogP contribution is 2.26. The average molecular weight is 469 g/mol. The number of nitrogens with one attached hydrogen (secondary N) is 1. The van der Waals surface area contributed by atoms with E-state index in [0.717, 1.165) is 48.0 Å². The molecule has 5 nitrogen and oxygen atoms in total. The highest BCUT2D eigenvalue weighted by atomic mass is 35.5. The van der Waals surface area contributed by atoms with Crippen LogP contribution >= 0.6 is 37.2 Å². The van der Waals surface area contributed by atoms with Crippen LogP contribution in [0, 0.1) is 6.92 Å². The van der Waals surface area contributed by atoms with Gasteiger partial charge in [0.25, 0.3) is 0 Å². The molecule has 4 rings (SSSR count). The number of rotatable bonds is 4. The fourth-order valence-electron chi connectivity index (χ4n) is 3.55. The van der Waals surface area contributed by atoms with Crippen molar-refractivity contribution in [2.45, 2.75) is 44.7 Å². The molecule has 0 atom stereocenters. The molecule has 1 aliphatic rings. The van der Waals surface area contributed by atoms with Gasteiger partial charge in [0.1, 0.15) is 5.82 Å². The second-order valence-corrected chi connectivity index (χ2v) is 7.33. The molecule has 2 aromatic heterocycles. The van der Waals surface area contributed by atoms with Crippen molar-refractivity contribution in [2.24, 2.45) is 5.73 Å². The summed E-state index contributed by atoms with van der Waals surface area (Å²) in [5.74, 6) is 1.61. The van der Waals surface area contributed by atoms with Crippen LogP contribution in [0.15, 0.2) is 42.7 Å². The first-order chi connectivity index (χ1) is 13.2. The monoisotopic (exact) mass is 467 g/mol. The third kappa shape index (κ3) is 6.54. The number of nitrogens with two attached hydrogens (primary N) is 1. The number of aromatic nitrogens is 3. The van der Waals surface area contributed by atoms with Crippen molar-refractivity contribution < 1.29 is 0 Å². The van der Waals surface area contributed by atoms with E-state index < -0.39 is 0 Å². The summed E-state index contributed by atoms with van der Waals surface area (Å²) in [6.45, 7) is 2.10. The van der Waals surface area contributed by atoms with Gasteiger partial charge in [-0.25, -0.2) is 9.97 Å². The minimum absolute atomic E-state index is 0. The Bertz CT molecular complexity index is 958. The van der Waals surface area contributed by atoms with Gasteiger partial charge in [0, 0.05) is 29.9 Å². The van der Waals surface area contributed by atoms with Gasteiger partial charge in [0.2, 0.25) is 0 Å². The molecule has 162 valence electrons. The van der Waals surface area contributed by atoms with Crippen LogP contribution in [0.25, 0.3) is 23.1 Å². The molecule has 0 unspecified atom stereocenters. The molecule has 0 aliphatic heterocycles. The van der Waals surface area contributed by atoms with E-state index in [-0.39, 0.29) is 37.2 Å². The Morgan fingerprint density at radius 1 is 1.00 bits per heavy atom. The first kappa shape index (κ1) is 26.1. The zero-order chi connectivity index (χ0) is 18.6. The SMILES string of the molecule is Cc1ccc2nc(C=Cc3cccnc3)nc(N[C@H]3CC[C@@H](N)CC3)c2c1.Cl.Cl.Cl. The lowest BCUT2D eigenvalue weighted by atomic mass is 9.92. The molecule has 1 fully saturated rings. The van der Waals surface area contributed by atoms with Crippen LogP contribution in [0.1, 0.15) is 42.6 Å². The van der Waals surface area contributed by atoms with Gasteiger partial charge in [-0.05, 0) is 68.5 Å². The van der Waals surface area contributed by atoms with E-state index in [1.807, 2.05) is 30.5 Å². The molecule has 0 bridgehead atoms. The Morgan fingerprint density at radius 3 is 2.47 bits per heavy atom. The molecule has 2 heterocycles. The lowest BCUT2D eigenvalue weighted by molar-refractivity contribution is 0.410. The van der Waals surface area contributed by atoms with Gasteiger partial charge in [-0.15, -0.1) is 37.2 Å². The Balaban J connectivity index is 0.00000150. The third-order valence-electron chi connectivity index (χ3n) is 5.09. The second-order valence-electron chi connectivity index (χ2n) is 7.33. The summed E-state index contributed by atoms with van der Waals surface area (Å²) < 4.78 is 0. The van der Waals surface area contributed by atoms with Crippen molar-refractivity contribution in [3.63, 3.8) is 0 Å². The molecular weight excluding hydrogens is 441 g/mol. The summed E-state index contributed by atoms with van der Waals surface area (Å²) in [6, 6.07) is 11.0. The lowest BCUT2D eigenvalue weighted by Crippen LogP contribution is -2.33. The van der Waals surface area contributed by atoms with Crippen LogP contribution in [0.3, 0.4) is 0 Å². The zero-order valence-corrected chi connectivity index (χ0v) is 19.3. The van der Waals surface area contributed by atoms with E-state index in [2.05, 4.69) is 35.4 Å². The molecule has 1 aliphatic carbocycles. The molecular formula is C22H28Cl3N5. The molecule has 0 spiro atoms. The normalized spacial score (nSPS) is 18.2. The molecule has 3 aromatic rings. The van der Waals surface area contributed by atoms with E-state index in [0.29, 0.717) is 17.9 Å². The van der Waals surface area contributed by atoms with Gasteiger partial charge < -0.3 is 11.1 Å². The van der Waals surface area contributed by atoms with E-state index in [1.54, 1.807) is 6.20 Å². The van der Waals surface area contributed by atoms with Crippen molar-refractivity contribution in [3.8, 4) is 0 Å². The first-order valence-electron chi connectivity index (χ1n) is 9.56. The fourth-order valence-corrected chi connectivity index (χ4v) is 3.55. The molecule has 0 radical (unpaired) electrons. The molecule has 8 heteroatoms. The summed E-state index contributed by atoms with van der Waals surface area (Å²) >= 11 is 0. The Hall–Kier alpha value is -1.92. The quantitative estimate of drug-likeness (QED) is 0.532. The number of hydrogen-bond acceptors (Lipinski definition) is 5. The zero-order valence-electron chi connectivity index (χ0n) is 16.8. The van der Waals surface area contributed by atoms with E-state index >= 15 is 0 Å². The molecule has 30 heavy (non-hydrogen) atoms. The lowest BCUT2D eigenvalue weighted by Gasteiger charge is -2.27. The number of aryl methyl sites for hydroxylation is 1. The topological polar surface area (TPSA) is 76.7 Å². The Morgan fingerprint density at radius 2 is 1.77 bits per heavy atom. The van der Waals surface area contributed by atoms with Crippen LogP contribution in [0.2, 0.25) is 0 Å². The second kappa shape index (κ2) is 12.1. The standard InChI is InChI=1S/C22H25N5.3ClH/c1-15-4-10-20-19(13-15)22(25-18-8-6-17(23)7-9-18)27-21(26-20)11-5-16-3-2-12-24-14-16;;;/h2-5,10-14,17-18H,6-9,23H2,1H3,(H,25,26,27);3*1H/t17-,18+;;;. The molecule has 3 N–H and O–H groups in total. The Labute approximate surface area is 196 Å². The van der Waals surface area contributed by atoms with Crippen molar-refractivity contribution in [1.29, 1.82) is 0 Å². The number of halogens is 3. The molecule has 0 saturated heterocycles. The Kier molecular flexibility index (Phi) is 10.5. The van der Waals surface area contributed by atoms with Crippen molar-refractivity contribution >= 4 is 66.1 Å². The highest BCUT2D eigenvalue weighted by Gasteiger charge is 2.19. The van der Waals surface area contributed by atoms with Gasteiger partial charge >= 0.3 is 0 Å². The first-order valence-corrected chi connectivity index (χ1v) is 9.56. The van der Waals surface area contributed by atoms with Crippen LogP contribution in [0.4, 0.5) is 5.82 Å². The average Bonchev–Trinajstić information content (AvgIpc) is 2.69. The predicted octanol–water partition coefficient (Wildman–Crippen LogP) is 5.45. The van der Waals surface area contributed by atoms with Gasteiger partial charge in [-0.1, -0.05) is 17.7 Å². The van der Waals surface area contributed by atoms with Gasteiger partial charge in [0.05, 0.1) is 5.52 Å². The predicted molar refractivity (Wildman–Crippen MR) is 133 cm³/mol. The van der Waals surface area contributed by atoms with Crippen LogP contribution in [0.5, 0.6) is 0 Å². The summed E-state index contributed by atoms with van der Waals surface area (Å²) in [5, 5.41) is 4.73. The van der Waals surface area contributed by atoms with Crippen molar-refractivity contribution in [2.75, 3.05) is 5.32 Å².